The van der Waals surface area contributed by atoms with Crippen LogP contribution in [-0.4, -0.2) is 25.8 Å². The maximum absolute atomic E-state index is 13.9. The first kappa shape index (κ1) is 23.5. The molecule has 0 amide bonds. The van der Waals surface area contributed by atoms with Crippen LogP contribution < -0.4 is 5.32 Å². The van der Waals surface area contributed by atoms with E-state index in [4.69, 9.17) is 4.42 Å². The number of hydrogen-bond donors (Lipinski definition) is 1. The molecule has 0 atom stereocenters. The van der Waals surface area contributed by atoms with E-state index in [1.165, 1.54) is 0 Å². The van der Waals surface area contributed by atoms with Crippen LogP contribution in [-0.2, 0) is 25.2 Å². The number of halogens is 3. The Balaban J connectivity index is 1.58. The summed E-state index contributed by atoms with van der Waals surface area (Å²) in [5.41, 5.74) is 0.963. The SMILES string of the molecule is CC1CC(c2cccc(-c3nc4cc(CNC(C)C)cc(C(F)(F)F)c4o3)c2)(c2ncn(C)n2)C1. The van der Waals surface area contributed by atoms with E-state index in [0.717, 1.165) is 30.3 Å². The van der Waals surface area contributed by atoms with Gasteiger partial charge in [-0.3, -0.25) is 4.68 Å². The Hall–Kier alpha value is -3.20. The van der Waals surface area contributed by atoms with E-state index >= 15 is 0 Å². The number of aryl methyl sites for hydroxylation is 1. The summed E-state index contributed by atoms with van der Waals surface area (Å²) in [6.45, 7) is 6.39. The highest BCUT2D eigenvalue weighted by Crippen LogP contribution is 2.51. The van der Waals surface area contributed by atoms with E-state index in [1.807, 2.05) is 45.2 Å². The zero-order valence-electron chi connectivity index (χ0n) is 20.1. The number of aromatic nitrogens is 4. The summed E-state index contributed by atoms with van der Waals surface area (Å²) in [6.07, 6.45) is -1.06. The molecule has 184 valence electrons. The van der Waals surface area contributed by atoms with Crippen LogP contribution in [0.15, 0.2) is 47.1 Å². The van der Waals surface area contributed by atoms with Gasteiger partial charge in [-0.05, 0) is 54.2 Å². The number of alkyl halides is 3. The van der Waals surface area contributed by atoms with Crippen molar-refractivity contribution in [3.63, 3.8) is 0 Å². The lowest BCUT2D eigenvalue weighted by molar-refractivity contribution is -0.136. The first-order chi connectivity index (χ1) is 16.5. The molecule has 0 spiro atoms. The van der Waals surface area contributed by atoms with E-state index in [1.54, 1.807) is 17.1 Å². The standard InChI is InChI=1S/C26H28F3N5O/c1-15(2)30-13-17-8-20(26(27,28)29)22-21(9-17)32-23(35-22)18-6-5-7-19(10-18)25(11-16(3)12-25)24-31-14-34(4)33-24/h5-10,14-16,30H,11-13H2,1-4H3. The lowest BCUT2D eigenvalue weighted by Crippen LogP contribution is -2.42. The molecule has 9 heteroatoms. The minimum Gasteiger partial charge on any atom is -0.435 e. The molecule has 1 aliphatic rings. The minimum atomic E-state index is -4.55. The molecule has 2 aromatic carbocycles. The summed E-state index contributed by atoms with van der Waals surface area (Å²) in [5, 5.41) is 7.73. The third kappa shape index (κ3) is 4.33. The molecule has 5 rings (SSSR count). The van der Waals surface area contributed by atoms with Crippen molar-refractivity contribution in [2.75, 3.05) is 0 Å². The molecule has 1 saturated carbocycles. The van der Waals surface area contributed by atoms with Crippen LogP contribution in [0, 0.1) is 5.92 Å². The lowest BCUT2D eigenvalue weighted by Gasteiger charge is -2.45. The maximum atomic E-state index is 13.9. The fourth-order valence-corrected chi connectivity index (χ4v) is 5.03. The van der Waals surface area contributed by atoms with E-state index in [9.17, 15) is 13.2 Å². The van der Waals surface area contributed by atoms with Crippen molar-refractivity contribution in [2.24, 2.45) is 13.0 Å². The van der Waals surface area contributed by atoms with Gasteiger partial charge >= 0.3 is 6.18 Å². The summed E-state index contributed by atoms with van der Waals surface area (Å²) >= 11 is 0. The molecule has 0 unspecified atom stereocenters. The van der Waals surface area contributed by atoms with Crippen molar-refractivity contribution < 1.29 is 17.6 Å². The van der Waals surface area contributed by atoms with Gasteiger partial charge in [0.2, 0.25) is 5.89 Å². The van der Waals surface area contributed by atoms with Gasteiger partial charge in [-0.2, -0.15) is 18.3 Å². The van der Waals surface area contributed by atoms with Crippen molar-refractivity contribution in [1.82, 2.24) is 25.1 Å². The average molecular weight is 484 g/mol. The largest absolute Gasteiger partial charge is 0.435 e. The molecule has 1 fully saturated rings. The summed E-state index contributed by atoms with van der Waals surface area (Å²) in [4.78, 5) is 8.99. The van der Waals surface area contributed by atoms with Crippen molar-refractivity contribution >= 4 is 11.1 Å². The second-order valence-corrected chi connectivity index (χ2v) is 9.96. The number of oxazole rings is 1. The summed E-state index contributed by atoms with van der Waals surface area (Å²) in [7, 11) is 1.84. The van der Waals surface area contributed by atoms with Gasteiger partial charge in [0.05, 0.1) is 5.41 Å². The number of hydrogen-bond acceptors (Lipinski definition) is 5. The second-order valence-electron chi connectivity index (χ2n) is 9.96. The van der Waals surface area contributed by atoms with Crippen LogP contribution in [0.1, 0.15) is 56.1 Å². The van der Waals surface area contributed by atoms with Gasteiger partial charge in [-0.25, -0.2) is 9.97 Å². The Labute approximate surface area is 201 Å². The molecular weight excluding hydrogens is 455 g/mol. The highest BCUT2D eigenvalue weighted by Gasteiger charge is 2.48. The van der Waals surface area contributed by atoms with E-state index in [0.29, 0.717) is 23.6 Å². The van der Waals surface area contributed by atoms with Crippen LogP contribution in [0.2, 0.25) is 0 Å². The highest BCUT2D eigenvalue weighted by molar-refractivity contribution is 5.81. The first-order valence-electron chi connectivity index (χ1n) is 11.8. The van der Waals surface area contributed by atoms with Crippen LogP contribution >= 0.6 is 0 Å². The zero-order valence-corrected chi connectivity index (χ0v) is 20.1. The minimum absolute atomic E-state index is 0.144. The topological polar surface area (TPSA) is 68.8 Å². The monoisotopic (exact) mass is 483 g/mol. The molecule has 6 nitrogen and oxygen atoms in total. The Morgan fingerprint density at radius 2 is 1.97 bits per heavy atom. The lowest BCUT2D eigenvalue weighted by atomic mass is 9.58. The fraction of sp³-hybridized carbons (Fsp3) is 0.423. The molecule has 1 aliphatic carbocycles. The van der Waals surface area contributed by atoms with Gasteiger partial charge in [0.15, 0.2) is 11.4 Å². The third-order valence-corrected chi connectivity index (χ3v) is 6.65. The molecule has 1 N–H and O–H groups in total. The summed E-state index contributed by atoms with van der Waals surface area (Å²) in [6, 6.07) is 10.6. The molecule has 0 aliphatic heterocycles. The van der Waals surface area contributed by atoms with Crippen molar-refractivity contribution in [2.45, 2.75) is 57.8 Å². The smallest absolute Gasteiger partial charge is 0.420 e. The second kappa shape index (κ2) is 8.48. The Kier molecular flexibility index (Phi) is 5.70. The van der Waals surface area contributed by atoms with Crippen molar-refractivity contribution in [3.8, 4) is 11.5 Å². The zero-order chi connectivity index (χ0) is 25.0. The predicted molar refractivity (Wildman–Crippen MR) is 127 cm³/mol. The molecule has 0 radical (unpaired) electrons. The van der Waals surface area contributed by atoms with E-state index in [-0.39, 0.29) is 28.4 Å². The number of fused-ring (bicyclic) bond motifs is 1. The average Bonchev–Trinajstić information content (AvgIpc) is 3.40. The number of nitrogens with one attached hydrogen (secondary N) is 1. The third-order valence-electron chi connectivity index (χ3n) is 6.65. The van der Waals surface area contributed by atoms with Gasteiger partial charge in [0, 0.05) is 25.2 Å². The van der Waals surface area contributed by atoms with Gasteiger partial charge in [-0.1, -0.05) is 32.9 Å². The Morgan fingerprint density at radius 1 is 1.20 bits per heavy atom. The Morgan fingerprint density at radius 3 is 2.60 bits per heavy atom. The number of benzene rings is 2. The molecule has 2 heterocycles. The molecule has 35 heavy (non-hydrogen) atoms. The number of rotatable bonds is 6. The predicted octanol–water partition coefficient (Wildman–Crippen LogP) is 5.86. The molecule has 0 saturated heterocycles. The molecule has 4 aromatic rings. The van der Waals surface area contributed by atoms with Gasteiger partial charge < -0.3 is 9.73 Å². The van der Waals surface area contributed by atoms with E-state index < -0.39 is 11.7 Å². The Bertz CT molecular complexity index is 1370. The first-order valence-corrected chi connectivity index (χ1v) is 11.8. The van der Waals surface area contributed by atoms with Crippen molar-refractivity contribution in [3.05, 3.63) is 65.2 Å². The van der Waals surface area contributed by atoms with Gasteiger partial charge in [0.25, 0.3) is 0 Å². The quantitative estimate of drug-likeness (QED) is 0.372. The van der Waals surface area contributed by atoms with Gasteiger partial charge in [-0.15, -0.1) is 0 Å². The summed E-state index contributed by atoms with van der Waals surface area (Å²) in [5.74, 6) is 1.45. The molecule has 0 bridgehead atoms. The van der Waals surface area contributed by atoms with E-state index in [2.05, 4.69) is 27.3 Å². The highest BCUT2D eigenvalue weighted by atomic mass is 19.4. The molecule has 2 aromatic heterocycles. The molecular formula is C26H28F3N5O. The maximum Gasteiger partial charge on any atom is 0.420 e. The van der Waals surface area contributed by atoms with Crippen LogP contribution in [0.4, 0.5) is 13.2 Å². The summed E-state index contributed by atoms with van der Waals surface area (Å²) < 4.78 is 49.1. The number of nitrogens with zero attached hydrogens (tertiary/aromatic N) is 4. The van der Waals surface area contributed by atoms with Crippen molar-refractivity contribution in [1.29, 1.82) is 0 Å². The van der Waals surface area contributed by atoms with Crippen LogP contribution in [0.3, 0.4) is 0 Å². The fourth-order valence-electron chi connectivity index (χ4n) is 5.03. The normalized spacial score (nSPS) is 20.5. The van der Waals surface area contributed by atoms with Gasteiger partial charge in [0.1, 0.15) is 17.4 Å². The van der Waals surface area contributed by atoms with Crippen LogP contribution in [0.5, 0.6) is 0 Å². The van der Waals surface area contributed by atoms with Crippen LogP contribution in [0.25, 0.3) is 22.6 Å².